The molecule has 0 atom stereocenters. The van der Waals surface area contributed by atoms with Crippen molar-refractivity contribution in [3.05, 3.63) is 11.4 Å². The van der Waals surface area contributed by atoms with E-state index < -0.39 is 0 Å². The van der Waals surface area contributed by atoms with Gasteiger partial charge in [0.25, 0.3) is 0 Å². The van der Waals surface area contributed by atoms with E-state index >= 15 is 0 Å². The average molecular weight is 197 g/mol. The van der Waals surface area contributed by atoms with E-state index in [0.717, 1.165) is 17.1 Å². The summed E-state index contributed by atoms with van der Waals surface area (Å²) in [4.78, 5) is 11.3. The minimum absolute atomic E-state index is 0.0839. The van der Waals surface area contributed by atoms with Gasteiger partial charge in [-0.15, -0.1) is 0 Å². The summed E-state index contributed by atoms with van der Waals surface area (Å²) in [6, 6.07) is 0. The third-order valence-electron chi connectivity index (χ3n) is 1.83. The van der Waals surface area contributed by atoms with Gasteiger partial charge in [0.2, 0.25) is 5.91 Å². The van der Waals surface area contributed by atoms with Crippen LogP contribution in [0.5, 0.6) is 0 Å². The highest BCUT2D eigenvalue weighted by Crippen LogP contribution is 2.15. The standard InChI is InChI=1S/C9H15N3O2/c1-4-14-5-8(13)10-9-6(2)11-12-7(9)3/h4-5H2,1-3H3,(H,10,13)(H,11,12). The number of carbonyl (C=O) groups excluding carboxylic acids is 1. The fourth-order valence-electron chi connectivity index (χ4n) is 1.11. The van der Waals surface area contributed by atoms with Crippen LogP contribution in [0.2, 0.25) is 0 Å². The first-order valence-corrected chi connectivity index (χ1v) is 4.54. The summed E-state index contributed by atoms with van der Waals surface area (Å²) >= 11 is 0. The summed E-state index contributed by atoms with van der Waals surface area (Å²) in [6.45, 7) is 6.16. The quantitative estimate of drug-likeness (QED) is 0.756. The predicted octanol–water partition coefficient (Wildman–Crippen LogP) is 1.00. The number of ether oxygens (including phenoxy) is 1. The summed E-state index contributed by atoms with van der Waals surface area (Å²) in [5.41, 5.74) is 2.38. The monoisotopic (exact) mass is 197 g/mol. The van der Waals surface area contributed by atoms with E-state index in [1.54, 1.807) is 0 Å². The number of anilines is 1. The van der Waals surface area contributed by atoms with Crippen molar-refractivity contribution >= 4 is 11.6 Å². The Kier molecular flexibility index (Phi) is 3.64. The normalized spacial score (nSPS) is 10.2. The summed E-state index contributed by atoms with van der Waals surface area (Å²) in [5.74, 6) is -0.153. The predicted molar refractivity (Wildman–Crippen MR) is 53.2 cm³/mol. The average Bonchev–Trinajstić information content (AvgIpc) is 2.46. The number of rotatable bonds is 4. The van der Waals surface area contributed by atoms with Crippen LogP contribution < -0.4 is 5.32 Å². The van der Waals surface area contributed by atoms with Gasteiger partial charge in [0.05, 0.1) is 17.1 Å². The van der Waals surface area contributed by atoms with Crippen molar-refractivity contribution in [3.63, 3.8) is 0 Å². The molecule has 0 aromatic carbocycles. The molecule has 0 aliphatic heterocycles. The molecule has 78 valence electrons. The van der Waals surface area contributed by atoms with Gasteiger partial charge in [0.15, 0.2) is 0 Å². The minimum Gasteiger partial charge on any atom is -0.372 e. The summed E-state index contributed by atoms with van der Waals surface area (Å²) in [7, 11) is 0. The molecule has 0 bridgehead atoms. The van der Waals surface area contributed by atoms with Gasteiger partial charge in [-0.25, -0.2) is 0 Å². The van der Waals surface area contributed by atoms with Crippen LogP contribution in [-0.4, -0.2) is 29.3 Å². The van der Waals surface area contributed by atoms with Gasteiger partial charge < -0.3 is 10.1 Å². The molecule has 1 heterocycles. The van der Waals surface area contributed by atoms with Crippen LogP contribution in [0.25, 0.3) is 0 Å². The molecule has 0 spiro atoms. The third kappa shape index (κ3) is 2.56. The van der Waals surface area contributed by atoms with E-state index in [1.807, 2.05) is 20.8 Å². The van der Waals surface area contributed by atoms with Crippen LogP contribution in [-0.2, 0) is 9.53 Å². The first-order chi connectivity index (χ1) is 6.65. The maximum atomic E-state index is 11.3. The number of amides is 1. The number of H-pyrrole nitrogens is 1. The van der Waals surface area contributed by atoms with Gasteiger partial charge in [-0.2, -0.15) is 5.10 Å². The third-order valence-corrected chi connectivity index (χ3v) is 1.83. The molecule has 5 nitrogen and oxygen atoms in total. The highest BCUT2D eigenvalue weighted by molar-refractivity contribution is 5.92. The van der Waals surface area contributed by atoms with Gasteiger partial charge in [-0.1, -0.05) is 0 Å². The van der Waals surface area contributed by atoms with E-state index in [-0.39, 0.29) is 12.5 Å². The van der Waals surface area contributed by atoms with E-state index in [2.05, 4.69) is 15.5 Å². The molecule has 0 unspecified atom stereocenters. The van der Waals surface area contributed by atoms with Gasteiger partial charge >= 0.3 is 0 Å². The van der Waals surface area contributed by atoms with Crippen molar-refractivity contribution in [1.82, 2.24) is 10.2 Å². The minimum atomic E-state index is -0.153. The SMILES string of the molecule is CCOCC(=O)Nc1c(C)n[nH]c1C. The Labute approximate surface area is 82.8 Å². The maximum absolute atomic E-state index is 11.3. The van der Waals surface area contributed by atoms with Crippen LogP contribution in [0.3, 0.4) is 0 Å². The van der Waals surface area contributed by atoms with Crippen molar-refractivity contribution in [2.24, 2.45) is 0 Å². The molecule has 14 heavy (non-hydrogen) atoms. The molecule has 1 amide bonds. The van der Waals surface area contributed by atoms with Gasteiger partial charge in [0.1, 0.15) is 6.61 Å². The molecule has 0 radical (unpaired) electrons. The second-order valence-electron chi connectivity index (χ2n) is 2.99. The van der Waals surface area contributed by atoms with Crippen molar-refractivity contribution in [1.29, 1.82) is 0 Å². The molecule has 2 N–H and O–H groups in total. The number of aromatic nitrogens is 2. The summed E-state index contributed by atoms with van der Waals surface area (Å²) < 4.78 is 4.98. The number of carbonyl (C=O) groups is 1. The van der Waals surface area contributed by atoms with Crippen molar-refractivity contribution in [3.8, 4) is 0 Å². The second-order valence-corrected chi connectivity index (χ2v) is 2.99. The lowest BCUT2D eigenvalue weighted by Gasteiger charge is -2.04. The summed E-state index contributed by atoms with van der Waals surface area (Å²) in [6.07, 6.45) is 0. The molecular formula is C9H15N3O2. The summed E-state index contributed by atoms with van der Waals surface area (Å²) in [5, 5.41) is 9.50. The Bertz CT molecular complexity index is 300. The number of aryl methyl sites for hydroxylation is 2. The first-order valence-electron chi connectivity index (χ1n) is 4.54. The second kappa shape index (κ2) is 4.76. The molecular weight excluding hydrogens is 182 g/mol. The maximum Gasteiger partial charge on any atom is 0.250 e. The topological polar surface area (TPSA) is 67.0 Å². The van der Waals surface area contributed by atoms with E-state index in [1.165, 1.54) is 0 Å². The number of hydrogen-bond acceptors (Lipinski definition) is 3. The number of nitrogens with one attached hydrogen (secondary N) is 2. The highest BCUT2D eigenvalue weighted by atomic mass is 16.5. The molecule has 1 aromatic rings. The zero-order valence-electron chi connectivity index (χ0n) is 8.68. The van der Waals surface area contributed by atoms with Crippen LogP contribution in [0.4, 0.5) is 5.69 Å². The lowest BCUT2D eigenvalue weighted by Crippen LogP contribution is -2.18. The largest absolute Gasteiger partial charge is 0.372 e. The zero-order valence-corrected chi connectivity index (χ0v) is 8.68. The van der Waals surface area contributed by atoms with E-state index in [9.17, 15) is 4.79 Å². The molecule has 0 aliphatic rings. The smallest absolute Gasteiger partial charge is 0.250 e. The number of nitrogens with zero attached hydrogens (tertiary/aromatic N) is 1. The Morgan fingerprint density at radius 2 is 2.29 bits per heavy atom. The molecule has 1 rings (SSSR count). The molecule has 0 aliphatic carbocycles. The molecule has 1 aromatic heterocycles. The number of aromatic amines is 1. The fourth-order valence-corrected chi connectivity index (χ4v) is 1.11. The molecule has 5 heteroatoms. The highest BCUT2D eigenvalue weighted by Gasteiger charge is 2.09. The lowest BCUT2D eigenvalue weighted by atomic mass is 10.3. The Morgan fingerprint density at radius 1 is 1.57 bits per heavy atom. The van der Waals surface area contributed by atoms with Crippen LogP contribution in [0.15, 0.2) is 0 Å². The number of hydrogen-bond donors (Lipinski definition) is 2. The zero-order chi connectivity index (χ0) is 10.6. The lowest BCUT2D eigenvalue weighted by molar-refractivity contribution is -0.120. The van der Waals surface area contributed by atoms with Crippen molar-refractivity contribution < 1.29 is 9.53 Å². The van der Waals surface area contributed by atoms with Crippen LogP contribution in [0, 0.1) is 13.8 Å². The van der Waals surface area contributed by atoms with Gasteiger partial charge in [0, 0.05) is 6.61 Å². The Morgan fingerprint density at radius 3 is 2.79 bits per heavy atom. The van der Waals surface area contributed by atoms with Crippen molar-refractivity contribution in [2.45, 2.75) is 20.8 Å². The molecule has 0 saturated heterocycles. The van der Waals surface area contributed by atoms with Gasteiger partial charge in [-0.3, -0.25) is 9.89 Å². The van der Waals surface area contributed by atoms with Crippen LogP contribution in [0.1, 0.15) is 18.3 Å². The molecule has 0 saturated carbocycles. The first kappa shape index (κ1) is 10.7. The van der Waals surface area contributed by atoms with E-state index in [0.29, 0.717) is 6.61 Å². The Balaban J connectivity index is 2.55. The van der Waals surface area contributed by atoms with Crippen LogP contribution >= 0.6 is 0 Å². The van der Waals surface area contributed by atoms with E-state index in [4.69, 9.17) is 4.74 Å². The van der Waals surface area contributed by atoms with Crippen molar-refractivity contribution in [2.75, 3.05) is 18.5 Å². The van der Waals surface area contributed by atoms with Gasteiger partial charge in [-0.05, 0) is 20.8 Å². The Hall–Kier alpha value is -1.36. The fraction of sp³-hybridized carbons (Fsp3) is 0.556. The molecule has 0 fully saturated rings.